The van der Waals surface area contributed by atoms with E-state index in [9.17, 15) is 4.79 Å². The van der Waals surface area contributed by atoms with Gasteiger partial charge in [0.2, 0.25) is 5.91 Å². The molecule has 1 fully saturated rings. The molecule has 0 N–H and O–H groups in total. The molecule has 1 aliphatic rings. The summed E-state index contributed by atoms with van der Waals surface area (Å²) in [5, 5.41) is 0. The van der Waals surface area contributed by atoms with Gasteiger partial charge in [-0.05, 0) is 6.92 Å². The molecule has 0 bridgehead atoms. The third kappa shape index (κ3) is 1.70. The summed E-state index contributed by atoms with van der Waals surface area (Å²) < 4.78 is 5.26. The Morgan fingerprint density at radius 1 is 1.70 bits per heavy atom. The highest BCUT2D eigenvalue weighted by Crippen LogP contribution is 2.03. The zero-order valence-electron chi connectivity index (χ0n) is 6.46. The fraction of sp³-hybridized carbons (Fsp3) is 0.857. The van der Waals surface area contributed by atoms with Crippen molar-refractivity contribution >= 4 is 5.91 Å². The first-order chi connectivity index (χ1) is 4.70. The number of carbonyl (C=O) groups excluding carboxylic acids is 1. The number of carbonyl (C=O) groups is 1. The lowest BCUT2D eigenvalue weighted by Gasteiger charge is -2.30. The quantitative estimate of drug-likeness (QED) is 0.486. The van der Waals surface area contributed by atoms with Gasteiger partial charge in [-0.2, -0.15) is 0 Å². The summed E-state index contributed by atoms with van der Waals surface area (Å²) in [6, 6.07) is 0. The predicted octanol–water partition coefficient (Wildman–Crippen LogP) is 0.254. The lowest BCUT2D eigenvalue weighted by Crippen LogP contribution is -2.43. The van der Waals surface area contributed by atoms with Gasteiger partial charge in [0.15, 0.2) is 0 Å². The molecule has 0 spiro atoms. The molecule has 3 nitrogen and oxygen atoms in total. The van der Waals surface area contributed by atoms with Crippen LogP contribution in [0, 0.1) is 0 Å². The molecule has 0 aliphatic carbocycles. The minimum Gasteiger partial charge on any atom is -0.375 e. The van der Waals surface area contributed by atoms with E-state index in [-0.39, 0.29) is 12.0 Å². The molecule has 0 saturated carbocycles. The zero-order valence-corrected chi connectivity index (χ0v) is 6.46. The van der Waals surface area contributed by atoms with Crippen molar-refractivity contribution in [1.82, 2.24) is 4.90 Å². The average molecular weight is 143 g/mol. The van der Waals surface area contributed by atoms with Crippen LogP contribution in [0.25, 0.3) is 0 Å². The van der Waals surface area contributed by atoms with Gasteiger partial charge >= 0.3 is 0 Å². The van der Waals surface area contributed by atoms with Gasteiger partial charge in [-0.3, -0.25) is 4.79 Å². The standard InChI is InChI=1S/C7H13NO2/c1-6-5-8(7(2)9)3-4-10-6/h6H,3-5H2,1-2H3. The first-order valence-corrected chi connectivity index (χ1v) is 3.57. The van der Waals surface area contributed by atoms with Crippen LogP contribution in [0.4, 0.5) is 0 Å². The van der Waals surface area contributed by atoms with Crippen molar-refractivity contribution in [3.05, 3.63) is 0 Å². The molecule has 1 saturated heterocycles. The predicted molar refractivity (Wildman–Crippen MR) is 37.7 cm³/mol. The van der Waals surface area contributed by atoms with Crippen molar-refractivity contribution in [1.29, 1.82) is 0 Å². The van der Waals surface area contributed by atoms with Crippen molar-refractivity contribution in [3.63, 3.8) is 0 Å². The summed E-state index contributed by atoms with van der Waals surface area (Å²) in [7, 11) is 0. The van der Waals surface area contributed by atoms with Crippen LogP contribution in [0.1, 0.15) is 13.8 Å². The van der Waals surface area contributed by atoms with Crippen LogP contribution < -0.4 is 0 Å². The SMILES string of the molecule is CC(=O)N1CCOC(C)C1. The van der Waals surface area contributed by atoms with Crippen LogP contribution in [-0.4, -0.2) is 36.6 Å². The van der Waals surface area contributed by atoms with E-state index in [0.717, 1.165) is 13.1 Å². The lowest BCUT2D eigenvalue weighted by molar-refractivity contribution is -0.135. The summed E-state index contributed by atoms with van der Waals surface area (Å²) in [6.07, 6.45) is 0.206. The number of nitrogens with zero attached hydrogens (tertiary/aromatic N) is 1. The molecule has 1 unspecified atom stereocenters. The van der Waals surface area contributed by atoms with E-state index in [0.29, 0.717) is 6.61 Å². The van der Waals surface area contributed by atoms with E-state index < -0.39 is 0 Å². The number of hydrogen-bond acceptors (Lipinski definition) is 2. The fourth-order valence-corrected chi connectivity index (χ4v) is 1.10. The summed E-state index contributed by atoms with van der Waals surface area (Å²) >= 11 is 0. The molecule has 58 valence electrons. The molecule has 10 heavy (non-hydrogen) atoms. The maximum Gasteiger partial charge on any atom is 0.219 e. The molecular weight excluding hydrogens is 130 g/mol. The Balaban J connectivity index is 2.39. The molecule has 1 heterocycles. The van der Waals surface area contributed by atoms with E-state index in [1.807, 2.05) is 11.8 Å². The van der Waals surface area contributed by atoms with Crippen molar-refractivity contribution in [2.75, 3.05) is 19.7 Å². The second-order valence-corrected chi connectivity index (χ2v) is 2.65. The van der Waals surface area contributed by atoms with Crippen LogP contribution in [-0.2, 0) is 9.53 Å². The zero-order chi connectivity index (χ0) is 7.56. The molecule has 0 radical (unpaired) electrons. The molecule has 1 rings (SSSR count). The minimum absolute atomic E-state index is 0.148. The van der Waals surface area contributed by atoms with E-state index in [2.05, 4.69) is 0 Å². The maximum atomic E-state index is 10.8. The van der Waals surface area contributed by atoms with E-state index in [1.54, 1.807) is 6.92 Å². The van der Waals surface area contributed by atoms with Gasteiger partial charge in [0, 0.05) is 20.0 Å². The third-order valence-electron chi connectivity index (χ3n) is 1.69. The lowest BCUT2D eigenvalue weighted by atomic mass is 10.3. The fourth-order valence-electron chi connectivity index (χ4n) is 1.10. The van der Waals surface area contributed by atoms with E-state index in [1.165, 1.54) is 0 Å². The number of ether oxygens (including phenoxy) is 1. The largest absolute Gasteiger partial charge is 0.375 e. The average Bonchev–Trinajstić information content (AvgIpc) is 1.88. The minimum atomic E-state index is 0.148. The number of hydrogen-bond donors (Lipinski definition) is 0. The second kappa shape index (κ2) is 3.01. The Morgan fingerprint density at radius 2 is 2.40 bits per heavy atom. The van der Waals surface area contributed by atoms with Gasteiger partial charge in [0.05, 0.1) is 12.7 Å². The van der Waals surface area contributed by atoms with Crippen LogP contribution in [0.3, 0.4) is 0 Å². The Morgan fingerprint density at radius 3 is 2.80 bits per heavy atom. The normalized spacial score (nSPS) is 26.6. The first kappa shape index (κ1) is 7.54. The van der Waals surface area contributed by atoms with Gasteiger partial charge in [0.1, 0.15) is 0 Å². The van der Waals surface area contributed by atoms with Crippen molar-refractivity contribution in [2.24, 2.45) is 0 Å². The Kier molecular flexibility index (Phi) is 2.27. The second-order valence-electron chi connectivity index (χ2n) is 2.65. The Hall–Kier alpha value is -0.570. The molecular formula is C7H13NO2. The molecule has 3 heteroatoms. The third-order valence-corrected chi connectivity index (χ3v) is 1.69. The summed E-state index contributed by atoms with van der Waals surface area (Å²) in [6.45, 7) is 5.75. The first-order valence-electron chi connectivity index (χ1n) is 3.57. The highest BCUT2D eigenvalue weighted by atomic mass is 16.5. The number of morpholine rings is 1. The maximum absolute atomic E-state index is 10.8. The topological polar surface area (TPSA) is 29.5 Å². The highest BCUT2D eigenvalue weighted by Gasteiger charge is 2.17. The van der Waals surface area contributed by atoms with Gasteiger partial charge in [-0.25, -0.2) is 0 Å². The smallest absolute Gasteiger partial charge is 0.219 e. The molecule has 0 aromatic carbocycles. The summed E-state index contributed by atoms with van der Waals surface area (Å²) in [5.74, 6) is 0.148. The molecule has 1 aliphatic heterocycles. The number of rotatable bonds is 0. The van der Waals surface area contributed by atoms with Gasteiger partial charge in [-0.1, -0.05) is 0 Å². The molecule has 1 atom stereocenters. The van der Waals surface area contributed by atoms with Crippen molar-refractivity contribution in [2.45, 2.75) is 20.0 Å². The van der Waals surface area contributed by atoms with Crippen LogP contribution in [0.5, 0.6) is 0 Å². The van der Waals surface area contributed by atoms with Crippen molar-refractivity contribution in [3.8, 4) is 0 Å². The van der Waals surface area contributed by atoms with E-state index in [4.69, 9.17) is 4.74 Å². The van der Waals surface area contributed by atoms with Crippen LogP contribution >= 0.6 is 0 Å². The van der Waals surface area contributed by atoms with Gasteiger partial charge in [0.25, 0.3) is 0 Å². The monoisotopic (exact) mass is 143 g/mol. The highest BCUT2D eigenvalue weighted by molar-refractivity contribution is 5.73. The molecule has 1 amide bonds. The summed E-state index contributed by atoms with van der Waals surface area (Å²) in [4.78, 5) is 12.6. The number of amides is 1. The van der Waals surface area contributed by atoms with Gasteiger partial charge < -0.3 is 9.64 Å². The van der Waals surface area contributed by atoms with Crippen molar-refractivity contribution < 1.29 is 9.53 Å². The Bertz CT molecular complexity index is 136. The van der Waals surface area contributed by atoms with E-state index >= 15 is 0 Å². The van der Waals surface area contributed by atoms with Gasteiger partial charge in [-0.15, -0.1) is 0 Å². The summed E-state index contributed by atoms with van der Waals surface area (Å²) in [5.41, 5.74) is 0. The van der Waals surface area contributed by atoms with Crippen LogP contribution in [0.2, 0.25) is 0 Å². The molecule has 0 aromatic heterocycles. The Labute approximate surface area is 61.0 Å². The molecule has 0 aromatic rings. The van der Waals surface area contributed by atoms with Crippen LogP contribution in [0.15, 0.2) is 0 Å².